The fraction of sp³-hybridized carbons (Fsp3) is 0.474. The molecule has 6 nitrogen and oxygen atoms in total. The topological polar surface area (TPSA) is 70.2 Å². The molecule has 25 heavy (non-hydrogen) atoms. The number of aromatic nitrogens is 2. The molecule has 1 aromatic heterocycles. The molecule has 2 heterocycles. The van der Waals surface area contributed by atoms with Crippen LogP contribution in [0.1, 0.15) is 33.6 Å². The van der Waals surface area contributed by atoms with Crippen molar-refractivity contribution in [3.63, 3.8) is 0 Å². The molecule has 1 aliphatic rings. The predicted octanol–water partition coefficient (Wildman–Crippen LogP) is 3.89. The van der Waals surface area contributed by atoms with Crippen molar-refractivity contribution in [3.8, 4) is 11.3 Å². The van der Waals surface area contributed by atoms with Crippen LogP contribution in [0.25, 0.3) is 11.3 Å². The zero-order valence-corrected chi connectivity index (χ0v) is 15.1. The molecule has 1 fully saturated rings. The Labute approximate surface area is 148 Å². The third kappa shape index (κ3) is 4.75. The minimum absolute atomic E-state index is 0.213. The van der Waals surface area contributed by atoms with E-state index in [2.05, 4.69) is 39.8 Å². The molecular weight excluding hydrogens is 316 g/mol. The summed E-state index contributed by atoms with van der Waals surface area (Å²) < 4.78 is 5.44. The molecule has 0 radical (unpaired) electrons. The zero-order chi connectivity index (χ0) is 17.9. The van der Waals surface area contributed by atoms with E-state index >= 15 is 0 Å². The summed E-state index contributed by atoms with van der Waals surface area (Å²) in [5.74, 6) is 0. The van der Waals surface area contributed by atoms with Gasteiger partial charge in [0.05, 0.1) is 5.69 Å². The number of carbonyl (C=O) groups is 1. The van der Waals surface area contributed by atoms with Crippen molar-refractivity contribution in [3.05, 3.63) is 36.5 Å². The van der Waals surface area contributed by atoms with Gasteiger partial charge in [0.15, 0.2) is 0 Å². The number of aromatic amines is 1. The van der Waals surface area contributed by atoms with Crippen LogP contribution in [0.5, 0.6) is 0 Å². The summed E-state index contributed by atoms with van der Waals surface area (Å²) in [7, 11) is 0. The van der Waals surface area contributed by atoms with Crippen molar-refractivity contribution in [1.82, 2.24) is 15.1 Å². The Kier molecular flexibility index (Phi) is 4.97. The second-order valence-corrected chi connectivity index (χ2v) is 7.43. The summed E-state index contributed by atoms with van der Waals surface area (Å²) in [6, 6.07) is 10.6. The third-order valence-electron chi connectivity index (χ3n) is 4.21. The Bertz CT molecular complexity index is 681. The van der Waals surface area contributed by atoms with Gasteiger partial charge in [-0.3, -0.25) is 5.10 Å². The fourth-order valence-corrected chi connectivity index (χ4v) is 2.93. The molecule has 0 atom stereocenters. The van der Waals surface area contributed by atoms with E-state index in [1.807, 2.05) is 26.8 Å². The first-order chi connectivity index (χ1) is 11.9. The van der Waals surface area contributed by atoms with Crippen LogP contribution in [0.15, 0.2) is 36.5 Å². The quantitative estimate of drug-likeness (QED) is 0.888. The van der Waals surface area contributed by atoms with E-state index < -0.39 is 5.60 Å². The van der Waals surface area contributed by atoms with E-state index in [0.29, 0.717) is 6.04 Å². The van der Waals surface area contributed by atoms with Gasteiger partial charge in [0.2, 0.25) is 0 Å². The van der Waals surface area contributed by atoms with E-state index in [9.17, 15) is 4.79 Å². The highest BCUT2D eigenvalue weighted by Gasteiger charge is 2.26. The smallest absolute Gasteiger partial charge is 0.410 e. The van der Waals surface area contributed by atoms with Crippen molar-refractivity contribution in [2.75, 3.05) is 18.4 Å². The highest BCUT2D eigenvalue weighted by Crippen LogP contribution is 2.22. The number of nitrogens with zero attached hydrogens (tertiary/aromatic N) is 2. The molecule has 1 saturated heterocycles. The number of ether oxygens (including phenoxy) is 1. The van der Waals surface area contributed by atoms with E-state index in [1.54, 1.807) is 11.1 Å². The number of amides is 1. The number of nitrogens with one attached hydrogen (secondary N) is 2. The Morgan fingerprint density at radius 3 is 2.44 bits per heavy atom. The molecule has 0 saturated carbocycles. The Hall–Kier alpha value is -2.50. The number of piperidine rings is 1. The summed E-state index contributed by atoms with van der Waals surface area (Å²) in [5, 5.41) is 10.5. The van der Waals surface area contributed by atoms with Crippen molar-refractivity contribution in [2.24, 2.45) is 0 Å². The average molecular weight is 342 g/mol. The zero-order valence-electron chi connectivity index (χ0n) is 15.1. The number of anilines is 1. The Morgan fingerprint density at radius 1 is 1.20 bits per heavy atom. The minimum atomic E-state index is -0.442. The van der Waals surface area contributed by atoms with Crippen LogP contribution in [0.3, 0.4) is 0 Å². The highest BCUT2D eigenvalue weighted by atomic mass is 16.6. The van der Waals surface area contributed by atoms with Gasteiger partial charge in [-0.25, -0.2) is 4.79 Å². The minimum Gasteiger partial charge on any atom is -0.444 e. The van der Waals surface area contributed by atoms with Gasteiger partial charge in [0, 0.05) is 31.0 Å². The van der Waals surface area contributed by atoms with Crippen molar-refractivity contribution in [1.29, 1.82) is 0 Å². The number of rotatable bonds is 3. The van der Waals surface area contributed by atoms with Crippen LogP contribution >= 0.6 is 0 Å². The third-order valence-corrected chi connectivity index (χ3v) is 4.21. The molecule has 6 heteroatoms. The van der Waals surface area contributed by atoms with Gasteiger partial charge in [-0.15, -0.1) is 0 Å². The lowest BCUT2D eigenvalue weighted by atomic mass is 10.0. The summed E-state index contributed by atoms with van der Waals surface area (Å²) in [4.78, 5) is 13.9. The van der Waals surface area contributed by atoms with Crippen molar-refractivity contribution in [2.45, 2.75) is 45.3 Å². The lowest BCUT2D eigenvalue weighted by Crippen LogP contribution is -2.44. The first-order valence-corrected chi connectivity index (χ1v) is 8.75. The maximum Gasteiger partial charge on any atom is 0.410 e. The monoisotopic (exact) mass is 342 g/mol. The highest BCUT2D eigenvalue weighted by molar-refractivity contribution is 5.68. The maximum atomic E-state index is 12.1. The van der Waals surface area contributed by atoms with Gasteiger partial charge in [-0.05, 0) is 57.4 Å². The number of hydrogen-bond acceptors (Lipinski definition) is 4. The number of hydrogen-bond donors (Lipinski definition) is 2. The maximum absolute atomic E-state index is 12.1. The van der Waals surface area contributed by atoms with E-state index in [4.69, 9.17) is 4.74 Å². The Balaban J connectivity index is 1.50. The molecule has 3 rings (SSSR count). The lowest BCUT2D eigenvalue weighted by Gasteiger charge is -2.34. The predicted molar refractivity (Wildman–Crippen MR) is 98.5 cm³/mol. The lowest BCUT2D eigenvalue weighted by molar-refractivity contribution is 0.0210. The average Bonchev–Trinajstić information content (AvgIpc) is 3.09. The first-order valence-electron chi connectivity index (χ1n) is 8.75. The number of benzene rings is 1. The standard InChI is InChI=1S/C19H26N4O2/c1-19(2,3)25-18(24)23-12-9-16(10-13-23)21-15-6-4-14(5-7-15)17-8-11-20-22-17/h4-8,11,16,21H,9-10,12-13H2,1-3H3,(H,20,22). The molecule has 2 N–H and O–H groups in total. The number of likely N-dealkylation sites (tertiary alicyclic amines) is 1. The molecule has 0 spiro atoms. The normalized spacial score (nSPS) is 15.9. The molecule has 1 aromatic carbocycles. The van der Waals surface area contributed by atoms with Gasteiger partial charge in [0.1, 0.15) is 5.60 Å². The molecule has 2 aromatic rings. The summed E-state index contributed by atoms with van der Waals surface area (Å²) in [6.07, 6.45) is 3.37. The largest absolute Gasteiger partial charge is 0.444 e. The molecule has 0 unspecified atom stereocenters. The first kappa shape index (κ1) is 17.3. The number of H-pyrrole nitrogens is 1. The van der Waals surface area contributed by atoms with Crippen LogP contribution in [0, 0.1) is 0 Å². The fourth-order valence-electron chi connectivity index (χ4n) is 2.93. The summed E-state index contributed by atoms with van der Waals surface area (Å²) in [6.45, 7) is 7.13. The van der Waals surface area contributed by atoms with Crippen molar-refractivity contribution >= 4 is 11.8 Å². The molecular formula is C19H26N4O2. The van der Waals surface area contributed by atoms with Gasteiger partial charge in [0.25, 0.3) is 0 Å². The summed E-state index contributed by atoms with van der Waals surface area (Å²) >= 11 is 0. The number of carbonyl (C=O) groups excluding carboxylic acids is 1. The van der Waals surface area contributed by atoms with Gasteiger partial charge in [-0.2, -0.15) is 5.10 Å². The molecule has 0 aliphatic carbocycles. The second kappa shape index (κ2) is 7.17. The molecule has 134 valence electrons. The van der Waals surface area contributed by atoms with E-state index in [1.165, 1.54) is 0 Å². The molecule has 0 bridgehead atoms. The van der Waals surface area contributed by atoms with Gasteiger partial charge >= 0.3 is 6.09 Å². The van der Waals surface area contributed by atoms with Crippen LogP contribution in [-0.2, 0) is 4.74 Å². The second-order valence-electron chi connectivity index (χ2n) is 7.43. The van der Waals surface area contributed by atoms with E-state index in [-0.39, 0.29) is 6.09 Å². The van der Waals surface area contributed by atoms with Crippen LogP contribution in [0.2, 0.25) is 0 Å². The van der Waals surface area contributed by atoms with E-state index in [0.717, 1.165) is 42.9 Å². The Morgan fingerprint density at radius 2 is 1.88 bits per heavy atom. The van der Waals surface area contributed by atoms with Gasteiger partial charge in [-0.1, -0.05) is 12.1 Å². The van der Waals surface area contributed by atoms with Crippen molar-refractivity contribution < 1.29 is 9.53 Å². The molecule has 1 amide bonds. The van der Waals surface area contributed by atoms with Crippen LogP contribution in [0.4, 0.5) is 10.5 Å². The van der Waals surface area contributed by atoms with Crippen LogP contribution in [-0.4, -0.2) is 45.9 Å². The molecule has 1 aliphatic heterocycles. The summed E-state index contributed by atoms with van der Waals surface area (Å²) in [5.41, 5.74) is 2.78. The van der Waals surface area contributed by atoms with Crippen LogP contribution < -0.4 is 5.32 Å². The SMILES string of the molecule is CC(C)(C)OC(=O)N1CCC(Nc2ccc(-c3ccn[nH]3)cc2)CC1. The van der Waals surface area contributed by atoms with Gasteiger partial charge < -0.3 is 15.0 Å².